The van der Waals surface area contributed by atoms with Crippen molar-refractivity contribution in [2.75, 3.05) is 11.9 Å². The summed E-state index contributed by atoms with van der Waals surface area (Å²) >= 11 is 4.48. The van der Waals surface area contributed by atoms with Crippen LogP contribution < -0.4 is 10.9 Å². The number of nitrogens with one attached hydrogen (secondary N) is 1. The molecular formula is C11H10BrF3N4OS. The van der Waals surface area contributed by atoms with Crippen molar-refractivity contribution < 1.29 is 13.2 Å². The van der Waals surface area contributed by atoms with Gasteiger partial charge in [0.05, 0.1) is 23.1 Å². The smallest absolute Gasteiger partial charge is 0.382 e. The van der Waals surface area contributed by atoms with E-state index in [4.69, 9.17) is 0 Å². The first-order valence-corrected chi connectivity index (χ1v) is 7.54. The first-order valence-electron chi connectivity index (χ1n) is 5.80. The average molecular weight is 383 g/mol. The van der Waals surface area contributed by atoms with E-state index in [2.05, 4.69) is 31.3 Å². The zero-order chi connectivity index (χ0) is 15.5. The van der Waals surface area contributed by atoms with Gasteiger partial charge in [-0.25, -0.2) is 9.67 Å². The standard InChI is InChI=1S/C11H10BrF3N4OS/c12-9-8(16-2-1-7-4-21-6-17-7)3-18-19(10(9)20)5-11(13,14)15/h3-4,6,16H,1-2,5H2. The molecule has 0 aromatic carbocycles. The molecule has 0 spiro atoms. The SMILES string of the molecule is O=c1c(Br)c(NCCc2cscn2)cnn1CC(F)(F)F. The third kappa shape index (κ3) is 4.53. The molecule has 10 heteroatoms. The van der Waals surface area contributed by atoms with Gasteiger partial charge in [0.15, 0.2) is 0 Å². The molecular weight excluding hydrogens is 373 g/mol. The molecule has 114 valence electrons. The minimum absolute atomic E-state index is 0.0278. The second-order valence-electron chi connectivity index (χ2n) is 4.11. The minimum atomic E-state index is -4.49. The van der Waals surface area contributed by atoms with E-state index in [1.165, 1.54) is 17.5 Å². The first kappa shape index (κ1) is 16.0. The lowest BCUT2D eigenvalue weighted by molar-refractivity contribution is -0.143. The Kier molecular flexibility index (Phi) is 4.99. The Morgan fingerprint density at radius 1 is 1.43 bits per heavy atom. The van der Waals surface area contributed by atoms with Crippen molar-refractivity contribution in [1.82, 2.24) is 14.8 Å². The van der Waals surface area contributed by atoms with Crippen LogP contribution in [-0.4, -0.2) is 27.5 Å². The summed E-state index contributed by atoms with van der Waals surface area (Å²) in [6.07, 6.45) is -2.66. The molecule has 21 heavy (non-hydrogen) atoms. The van der Waals surface area contributed by atoms with E-state index in [-0.39, 0.29) is 4.47 Å². The Labute approximate surface area is 130 Å². The van der Waals surface area contributed by atoms with Crippen molar-refractivity contribution >= 4 is 33.0 Å². The van der Waals surface area contributed by atoms with Gasteiger partial charge in [-0.2, -0.15) is 18.3 Å². The van der Waals surface area contributed by atoms with Gasteiger partial charge in [-0.1, -0.05) is 0 Å². The van der Waals surface area contributed by atoms with Gasteiger partial charge >= 0.3 is 6.18 Å². The molecule has 2 heterocycles. The molecule has 0 aliphatic carbocycles. The van der Waals surface area contributed by atoms with E-state index >= 15 is 0 Å². The number of hydrogen-bond acceptors (Lipinski definition) is 5. The summed E-state index contributed by atoms with van der Waals surface area (Å²) in [7, 11) is 0. The van der Waals surface area contributed by atoms with Crippen LogP contribution in [0.1, 0.15) is 5.69 Å². The van der Waals surface area contributed by atoms with E-state index in [1.807, 2.05) is 5.38 Å². The normalized spacial score (nSPS) is 11.6. The van der Waals surface area contributed by atoms with Crippen LogP contribution >= 0.6 is 27.3 Å². The average Bonchev–Trinajstić information content (AvgIpc) is 2.89. The minimum Gasteiger partial charge on any atom is -0.382 e. The Bertz CT molecular complexity index is 656. The largest absolute Gasteiger partial charge is 0.408 e. The van der Waals surface area contributed by atoms with Crippen molar-refractivity contribution in [3.63, 3.8) is 0 Å². The Morgan fingerprint density at radius 3 is 2.81 bits per heavy atom. The number of thiazole rings is 1. The lowest BCUT2D eigenvalue weighted by Crippen LogP contribution is -2.31. The zero-order valence-corrected chi connectivity index (χ0v) is 12.9. The van der Waals surface area contributed by atoms with Gasteiger partial charge < -0.3 is 5.32 Å². The highest BCUT2D eigenvalue weighted by Crippen LogP contribution is 2.19. The Balaban J connectivity index is 2.04. The summed E-state index contributed by atoms with van der Waals surface area (Å²) in [4.78, 5) is 15.9. The van der Waals surface area contributed by atoms with Gasteiger partial charge in [0, 0.05) is 18.3 Å². The van der Waals surface area contributed by atoms with E-state index in [0.717, 1.165) is 5.69 Å². The van der Waals surface area contributed by atoms with Gasteiger partial charge in [0.2, 0.25) is 0 Å². The highest BCUT2D eigenvalue weighted by Gasteiger charge is 2.29. The predicted molar refractivity (Wildman–Crippen MR) is 76.6 cm³/mol. The Hall–Kier alpha value is -1.42. The molecule has 0 aliphatic rings. The molecule has 0 saturated carbocycles. The van der Waals surface area contributed by atoms with Crippen LogP contribution in [-0.2, 0) is 13.0 Å². The number of alkyl halides is 3. The third-order valence-corrected chi connectivity index (χ3v) is 3.90. The van der Waals surface area contributed by atoms with Crippen LogP contribution in [0, 0.1) is 0 Å². The molecule has 0 fully saturated rings. The molecule has 0 amide bonds. The lowest BCUT2D eigenvalue weighted by atomic mass is 10.3. The molecule has 0 bridgehead atoms. The summed E-state index contributed by atoms with van der Waals surface area (Å²) in [5.74, 6) is 0. The highest BCUT2D eigenvalue weighted by atomic mass is 79.9. The quantitative estimate of drug-likeness (QED) is 0.863. The fourth-order valence-electron chi connectivity index (χ4n) is 1.56. The third-order valence-electron chi connectivity index (χ3n) is 2.49. The predicted octanol–water partition coefficient (Wildman–Crippen LogP) is 2.68. The number of halogens is 4. The van der Waals surface area contributed by atoms with E-state index in [1.54, 1.807) is 5.51 Å². The molecule has 5 nitrogen and oxygen atoms in total. The van der Waals surface area contributed by atoms with Gasteiger partial charge in [0.1, 0.15) is 11.0 Å². The number of hydrogen-bond donors (Lipinski definition) is 1. The topological polar surface area (TPSA) is 59.8 Å². The number of rotatable bonds is 5. The maximum Gasteiger partial charge on any atom is 0.408 e. The summed E-state index contributed by atoms with van der Waals surface area (Å²) in [6.45, 7) is -0.920. The molecule has 0 saturated heterocycles. The van der Waals surface area contributed by atoms with Gasteiger partial charge in [0.25, 0.3) is 5.56 Å². The van der Waals surface area contributed by atoms with Gasteiger partial charge in [-0.15, -0.1) is 11.3 Å². The summed E-state index contributed by atoms with van der Waals surface area (Å²) in [5.41, 5.74) is 2.15. The molecule has 0 radical (unpaired) electrons. The fraction of sp³-hybridized carbons (Fsp3) is 0.364. The van der Waals surface area contributed by atoms with Gasteiger partial charge in [-0.05, 0) is 15.9 Å². The van der Waals surface area contributed by atoms with Crippen molar-refractivity contribution in [2.24, 2.45) is 0 Å². The zero-order valence-electron chi connectivity index (χ0n) is 10.5. The maximum absolute atomic E-state index is 12.3. The van der Waals surface area contributed by atoms with Crippen molar-refractivity contribution in [3.8, 4) is 0 Å². The number of nitrogens with zero attached hydrogens (tertiary/aromatic N) is 3. The lowest BCUT2D eigenvalue weighted by Gasteiger charge is -2.11. The van der Waals surface area contributed by atoms with Gasteiger partial charge in [-0.3, -0.25) is 4.79 Å². The molecule has 2 aromatic rings. The maximum atomic E-state index is 12.3. The molecule has 1 N–H and O–H groups in total. The molecule has 2 aromatic heterocycles. The molecule has 0 atom stereocenters. The Morgan fingerprint density at radius 2 is 2.19 bits per heavy atom. The van der Waals surface area contributed by atoms with E-state index in [0.29, 0.717) is 23.3 Å². The molecule has 0 unspecified atom stereocenters. The van der Waals surface area contributed by atoms with Crippen molar-refractivity contribution in [1.29, 1.82) is 0 Å². The van der Waals surface area contributed by atoms with Crippen LogP contribution in [0.2, 0.25) is 0 Å². The van der Waals surface area contributed by atoms with E-state index in [9.17, 15) is 18.0 Å². The second-order valence-corrected chi connectivity index (χ2v) is 5.62. The summed E-state index contributed by atoms with van der Waals surface area (Å²) < 4.78 is 37.2. The number of anilines is 1. The van der Waals surface area contributed by atoms with Crippen molar-refractivity contribution in [3.05, 3.63) is 37.6 Å². The number of aromatic nitrogens is 3. The monoisotopic (exact) mass is 382 g/mol. The molecule has 0 aliphatic heterocycles. The summed E-state index contributed by atoms with van der Waals surface area (Å²) in [6, 6.07) is 0. The second kappa shape index (κ2) is 6.56. The molecule has 2 rings (SSSR count). The highest BCUT2D eigenvalue weighted by molar-refractivity contribution is 9.10. The van der Waals surface area contributed by atoms with Crippen LogP contribution in [0.5, 0.6) is 0 Å². The summed E-state index contributed by atoms with van der Waals surface area (Å²) in [5, 5.41) is 8.36. The first-order chi connectivity index (χ1) is 9.87. The fourth-order valence-corrected chi connectivity index (χ4v) is 2.60. The van der Waals surface area contributed by atoms with E-state index < -0.39 is 18.3 Å². The van der Waals surface area contributed by atoms with Crippen LogP contribution in [0.15, 0.2) is 26.4 Å². The van der Waals surface area contributed by atoms with Crippen LogP contribution in [0.25, 0.3) is 0 Å². The van der Waals surface area contributed by atoms with Crippen LogP contribution in [0.4, 0.5) is 18.9 Å². The van der Waals surface area contributed by atoms with Crippen LogP contribution in [0.3, 0.4) is 0 Å². The van der Waals surface area contributed by atoms with Crippen molar-refractivity contribution in [2.45, 2.75) is 19.1 Å².